The molecular weight excluding hydrogens is 308 g/mol. The zero-order chi connectivity index (χ0) is 17.1. The molecule has 0 unspecified atom stereocenters. The molecule has 1 amide bonds. The van der Waals surface area contributed by atoms with Gasteiger partial charge in [0, 0.05) is 13.1 Å². The molecule has 7 nitrogen and oxygen atoms in total. The number of hydrogen-bond donors (Lipinski definition) is 1. The highest BCUT2D eigenvalue weighted by Gasteiger charge is 2.24. The van der Waals surface area contributed by atoms with Crippen molar-refractivity contribution in [1.82, 2.24) is 4.31 Å². The van der Waals surface area contributed by atoms with Gasteiger partial charge in [0.15, 0.2) is 6.10 Å². The van der Waals surface area contributed by atoms with Crippen molar-refractivity contribution in [3.8, 4) is 0 Å². The molecule has 0 aliphatic rings. The zero-order valence-electron chi connectivity index (χ0n) is 12.9. The van der Waals surface area contributed by atoms with E-state index in [1.165, 1.54) is 42.5 Å². The van der Waals surface area contributed by atoms with Crippen LogP contribution in [-0.4, -0.2) is 43.8 Å². The fourth-order valence-corrected chi connectivity index (χ4v) is 2.93. The summed E-state index contributed by atoms with van der Waals surface area (Å²) in [6, 6.07) is 5.22. The van der Waals surface area contributed by atoms with Crippen molar-refractivity contribution in [3.63, 3.8) is 0 Å². The van der Waals surface area contributed by atoms with Crippen molar-refractivity contribution in [2.24, 2.45) is 5.73 Å². The van der Waals surface area contributed by atoms with E-state index < -0.39 is 28.0 Å². The number of nitrogens with two attached hydrogens (primary N) is 1. The molecule has 0 saturated carbocycles. The van der Waals surface area contributed by atoms with E-state index in [1.54, 1.807) is 13.8 Å². The van der Waals surface area contributed by atoms with Gasteiger partial charge in [-0.1, -0.05) is 6.07 Å². The van der Waals surface area contributed by atoms with Crippen LogP contribution in [0.4, 0.5) is 0 Å². The number of esters is 1. The van der Waals surface area contributed by atoms with Gasteiger partial charge >= 0.3 is 5.97 Å². The summed E-state index contributed by atoms with van der Waals surface area (Å²) >= 11 is 0. The first-order valence-electron chi connectivity index (χ1n) is 6.65. The number of hydrogen-bond acceptors (Lipinski definition) is 5. The molecule has 2 N–H and O–H groups in total. The van der Waals surface area contributed by atoms with Gasteiger partial charge in [-0.05, 0) is 39.0 Å². The van der Waals surface area contributed by atoms with Crippen LogP contribution in [0.15, 0.2) is 29.2 Å². The van der Waals surface area contributed by atoms with Crippen LogP contribution in [0.3, 0.4) is 0 Å². The SMILES string of the molecule is CC(C)N(C)S(=O)(=O)c1cccc(C(=O)O[C@H](C)C(N)=O)c1. The van der Waals surface area contributed by atoms with Crippen LogP contribution < -0.4 is 5.73 Å². The number of rotatable bonds is 6. The second-order valence-corrected chi connectivity index (χ2v) is 7.09. The van der Waals surface area contributed by atoms with Crippen LogP contribution in [0.1, 0.15) is 31.1 Å². The summed E-state index contributed by atoms with van der Waals surface area (Å²) in [5.74, 6) is -1.59. The van der Waals surface area contributed by atoms with Gasteiger partial charge in [0.2, 0.25) is 10.0 Å². The molecule has 1 rings (SSSR count). The standard InChI is InChI=1S/C14H20N2O5S/c1-9(2)16(4)22(19,20)12-7-5-6-11(8-12)14(18)21-10(3)13(15)17/h5-10H,1-4H3,(H2,15,17)/t10-/m1/s1. The number of carbonyl (C=O) groups excluding carboxylic acids is 2. The van der Waals surface area contributed by atoms with Crippen LogP contribution in [0.2, 0.25) is 0 Å². The van der Waals surface area contributed by atoms with Crippen LogP contribution >= 0.6 is 0 Å². The Morgan fingerprint density at radius 1 is 1.23 bits per heavy atom. The molecular formula is C14H20N2O5S. The Morgan fingerprint density at radius 3 is 2.32 bits per heavy atom. The van der Waals surface area contributed by atoms with E-state index in [1.807, 2.05) is 0 Å². The minimum absolute atomic E-state index is 0.0233. The average molecular weight is 328 g/mol. The number of nitrogens with zero attached hydrogens (tertiary/aromatic N) is 1. The molecule has 122 valence electrons. The predicted octanol–water partition coefficient (Wildman–Crippen LogP) is 0.746. The maximum Gasteiger partial charge on any atom is 0.338 e. The fourth-order valence-electron chi connectivity index (χ4n) is 1.51. The van der Waals surface area contributed by atoms with Crippen LogP contribution in [0.25, 0.3) is 0 Å². The summed E-state index contributed by atoms with van der Waals surface area (Å²) in [7, 11) is -2.25. The van der Waals surface area contributed by atoms with E-state index in [9.17, 15) is 18.0 Å². The second kappa shape index (κ2) is 6.89. The molecule has 1 aromatic carbocycles. The Labute approximate surface area is 130 Å². The number of primary amides is 1. The smallest absolute Gasteiger partial charge is 0.338 e. The Morgan fingerprint density at radius 2 is 1.82 bits per heavy atom. The van der Waals surface area contributed by atoms with Crippen LogP contribution in [-0.2, 0) is 19.6 Å². The quantitative estimate of drug-likeness (QED) is 0.775. The molecule has 0 aliphatic heterocycles. The highest BCUT2D eigenvalue weighted by molar-refractivity contribution is 7.89. The number of sulfonamides is 1. The fraction of sp³-hybridized carbons (Fsp3) is 0.429. The lowest BCUT2D eigenvalue weighted by Gasteiger charge is -2.21. The lowest BCUT2D eigenvalue weighted by atomic mass is 10.2. The molecule has 0 aliphatic carbocycles. The maximum atomic E-state index is 12.4. The van der Waals surface area contributed by atoms with Crippen molar-refractivity contribution >= 4 is 21.9 Å². The van der Waals surface area contributed by atoms with Gasteiger partial charge in [0.05, 0.1) is 10.5 Å². The minimum atomic E-state index is -3.71. The summed E-state index contributed by atoms with van der Waals surface area (Å²) in [5.41, 5.74) is 5.05. The molecule has 0 spiro atoms. The lowest BCUT2D eigenvalue weighted by Crippen LogP contribution is -2.33. The van der Waals surface area contributed by atoms with E-state index in [0.717, 1.165) is 0 Å². The number of carbonyl (C=O) groups is 2. The molecule has 22 heavy (non-hydrogen) atoms. The lowest BCUT2D eigenvalue weighted by molar-refractivity contribution is -0.125. The van der Waals surface area contributed by atoms with E-state index in [-0.39, 0.29) is 16.5 Å². The topological polar surface area (TPSA) is 107 Å². The Bertz CT molecular complexity index is 670. The zero-order valence-corrected chi connectivity index (χ0v) is 13.8. The third-order valence-corrected chi connectivity index (χ3v) is 5.19. The molecule has 0 heterocycles. The van der Waals surface area contributed by atoms with Gasteiger partial charge in [0.1, 0.15) is 0 Å². The molecule has 1 aromatic rings. The first-order valence-corrected chi connectivity index (χ1v) is 8.09. The van der Waals surface area contributed by atoms with Gasteiger partial charge < -0.3 is 10.5 Å². The van der Waals surface area contributed by atoms with Crippen LogP contribution in [0.5, 0.6) is 0 Å². The van der Waals surface area contributed by atoms with E-state index in [2.05, 4.69) is 0 Å². The van der Waals surface area contributed by atoms with E-state index in [0.29, 0.717) is 0 Å². The second-order valence-electron chi connectivity index (χ2n) is 5.09. The Kier molecular flexibility index (Phi) is 5.67. The van der Waals surface area contributed by atoms with E-state index in [4.69, 9.17) is 10.5 Å². The summed E-state index contributed by atoms with van der Waals surface area (Å²) in [5, 5.41) is 0. The van der Waals surface area contributed by atoms with Gasteiger partial charge in [-0.2, -0.15) is 4.31 Å². The monoisotopic (exact) mass is 328 g/mol. The van der Waals surface area contributed by atoms with Gasteiger partial charge in [-0.15, -0.1) is 0 Å². The Hall–Kier alpha value is -1.93. The third-order valence-electron chi connectivity index (χ3n) is 3.16. The normalized spacial score (nSPS) is 13.2. The molecule has 0 aromatic heterocycles. The summed E-state index contributed by atoms with van der Waals surface area (Å²) in [4.78, 5) is 22.8. The molecule has 0 bridgehead atoms. The molecule has 1 atom stereocenters. The summed E-state index contributed by atoms with van der Waals surface area (Å²) in [6.07, 6.45) is -1.09. The predicted molar refractivity (Wildman–Crippen MR) is 80.6 cm³/mol. The van der Waals surface area contributed by atoms with Crippen molar-refractivity contribution < 1.29 is 22.7 Å². The number of amides is 1. The van der Waals surface area contributed by atoms with Crippen molar-refractivity contribution in [2.45, 2.75) is 37.8 Å². The van der Waals surface area contributed by atoms with Crippen molar-refractivity contribution in [1.29, 1.82) is 0 Å². The first kappa shape index (κ1) is 18.1. The Balaban J connectivity index is 3.10. The molecule has 8 heteroatoms. The third kappa shape index (κ3) is 4.05. The molecule has 0 radical (unpaired) electrons. The molecule has 0 saturated heterocycles. The average Bonchev–Trinajstić information content (AvgIpc) is 2.46. The van der Waals surface area contributed by atoms with E-state index >= 15 is 0 Å². The maximum absolute atomic E-state index is 12.4. The first-order chi connectivity index (χ1) is 10.1. The molecule has 0 fully saturated rings. The van der Waals surface area contributed by atoms with Crippen molar-refractivity contribution in [2.75, 3.05) is 7.05 Å². The number of benzene rings is 1. The van der Waals surface area contributed by atoms with Gasteiger partial charge in [-0.3, -0.25) is 4.79 Å². The minimum Gasteiger partial charge on any atom is -0.449 e. The highest BCUT2D eigenvalue weighted by atomic mass is 32.2. The summed E-state index contributed by atoms with van der Waals surface area (Å²) < 4.78 is 30.8. The van der Waals surface area contributed by atoms with Gasteiger partial charge in [-0.25, -0.2) is 13.2 Å². The van der Waals surface area contributed by atoms with Crippen molar-refractivity contribution in [3.05, 3.63) is 29.8 Å². The van der Waals surface area contributed by atoms with Crippen LogP contribution in [0, 0.1) is 0 Å². The number of ether oxygens (including phenoxy) is 1. The highest BCUT2D eigenvalue weighted by Crippen LogP contribution is 2.18. The summed E-state index contributed by atoms with van der Waals surface area (Å²) in [6.45, 7) is 4.82. The largest absolute Gasteiger partial charge is 0.449 e. The van der Waals surface area contributed by atoms with Gasteiger partial charge in [0.25, 0.3) is 5.91 Å².